The van der Waals surface area contributed by atoms with Gasteiger partial charge >= 0.3 is 0 Å². The average Bonchev–Trinajstić information content (AvgIpc) is 2.35. The van der Waals surface area contributed by atoms with E-state index in [0.29, 0.717) is 16.1 Å². The molecule has 2 aromatic rings. The lowest BCUT2D eigenvalue weighted by Gasteiger charge is -2.16. The van der Waals surface area contributed by atoms with Crippen molar-refractivity contribution in [2.24, 2.45) is 0 Å². The molecule has 0 fully saturated rings. The Hall–Kier alpha value is -0.900. The molecule has 1 N–H and O–H groups in total. The molecule has 4 heteroatoms. The quantitative estimate of drug-likeness (QED) is 0.851. The van der Waals surface area contributed by atoms with Crippen LogP contribution in [0, 0.1) is 12.7 Å². The van der Waals surface area contributed by atoms with Gasteiger partial charge in [0, 0.05) is 15.1 Å². The summed E-state index contributed by atoms with van der Waals surface area (Å²) in [4.78, 5) is 0. The molecular formula is C14H11BrClFO. The highest BCUT2D eigenvalue weighted by Gasteiger charge is 2.17. The Labute approximate surface area is 118 Å². The first kappa shape index (κ1) is 13.5. The minimum absolute atomic E-state index is 0.345. The monoisotopic (exact) mass is 328 g/mol. The zero-order valence-electron chi connectivity index (χ0n) is 9.62. The summed E-state index contributed by atoms with van der Waals surface area (Å²) < 4.78 is 14.0. The third kappa shape index (κ3) is 2.58. The van der Waals surface area contributed by atoms with Crippen LogP contribution in [0.25, 0.3) is 0 Å². The molecule has 0 aliphatic carbocycles. The first-order chi connectivity index (χ1) is 8.50. The van der Waals surface area contributed by atoms with Gasteiger partial charge in [-0.1, -0.05) is 45.7 Å². The first-order valence-corrected chi connectivity index (χ1v) is 6.56. The van der Waals surface area contributed by atoms with E-state index in [-0.39, 0.29) is 0 Å². The minimum Gasteiger partial charge on any atom is -0.384 e. The van der Waals surface area contributed by atoms with Crippen LogP contribution in [0.5, 0.6) is 0 Å². The molecule has 0 aliphatic heterocycles. The van der Waals surface area contributed by atoms with E-state index in [1.165, 1.54) is 18.2 Å². The summed E-state index contributed by atoms with van der Waals surface area (Å²) in [5, 5.41) is 10.7. The van der Waals surface area contributed by atoms with Gasteiger partial charge in [0.25, 0.3) is 0 Å². The highest BCUT2D eigenvalue weighted by Crippen LogP contribution is 2.34. The van der Waals surface area contributed by atoms with Gasteiger partial charge in [-0.05, 0) is 36.2 Å². The fourth-order valence-electron chi connectivity index (χ4n) is 1.77. The van der Waals surface area contributed by atoms with E-state index >= 15 is 0 Å². The van der Waals surface area contributed by atoms with E-state index in [9.17, 15) is 9.50 Å². The minimum atomic E-state index is -0.956. The lowest BCUT2D eigenvalue weighted by Crippen LogP contribution is -2.03. The number of aliphatic hydroxyl groups is 1. The molecule has 0 aliphatic rings. The van der Waals surface area contributed by atoms with Crippen molar-refractivity contribution in [3.05, 3.63) is 68.4 Å². The fourth-order valence-corrected chi connectivity index (χ4v) is 2.48. The van der Waals surface area contributed by atoms with Crippen LogP contribution >= 0.6 is 27.5 Å². The largest absolute Gasteiger partial charge is 0.384 e. The molecule has 0 bridgehead atoms. The van der Waals surface area contributed by atoms with Gasteiger partial charge in [0.2, 0.25) is 0 Å². The molecule has 1 atom stereocenters. The predicted octanol–water partition coefficient (Wildman–Crippen LogP) is 4.63. The van der Waals surface area contributed by atoms with Crippen LogP contribution in [0.3, 0.4) is 0 Å². The second-order valence-corrected chi connectivity index (χ2v) is 5.25. The van der Waals surface area contributed by atoms with Crippen LogP contribution in [0.2, 0.25) is 5.02 Å². The number of hydrogen-bond acceptors (Lipinski definition) is 1. The molecule has 0 amide bonds. The van der Waals surface area contributed by atoms with Crippen molar-refractivity contribution >= 4 is 27.5 Å². The summed E-state index contributed by atoms with van der Waals surface area (Å²) in [5.74, 6) is -0.419. The van der Waals surface area contributed by atoms with Crippen LogP contribution in [0.4, 0.5) is 4.39 Å². The summed E-state index contributed by atoms with van der Waals surface area (Å²) >= 11 is 9.42. The maximum atomic E-state index is 13.2. The van der Waals surface area contributed by atoms with Gasteiger partial charge in [-0.15, -0.1) is 0 Å². The summed E-state index contributed by atoms with van der Waals surface area (Å²) in [7, 11) is 0. The van der Waals surface area contributed by atoms with Gasteiger partial charge in [0.15, 0.2) is 0 Å². The SMILES string of the molecule is Cc1cccc(C(O)c2cc(F)ccc2Cl)c1Br. The Bertz CT molecular complexity index is 584. The number of benzene rings is 2. The summed E-state index contributed by atoms with van der Waals surface area (Å²) in [5.41, 5.74) is 2.03. The molecule has 0 saturated carbocycles. The van der Waals surface area contributed by atoms with E-state index in [0.717, 1.165) is 10.0 Å². The molecule has 1 unspecified atom stereocenters. The Morgan fingerprint density at radius 1 is 1.22 bits per heavy atom. The van der Waals surface area contributed by atoms with Gasteiger partial charge in [0.1, 0.15) is 11.9 Å². The topological polar surface area (TPSA) is 20.2 Å². The van der Waals surface area contributed by atoms with Crippen LogP contribution in [-0.2, 0) is 0 Å². The highest BCUT2D eigenvalue weighted by molar-refractivity contribution is 9.10. The molecule has 94 valence electrons. The van der Waals surface area contributed by atoms with Crippen molar-refractivity contribution in [2.75, 3.05) is 0 Å². The standard InChI is InChI=1S/C14H11BrClFO/c1-8-3-2-4-10(13(8)15)14(18)11-7-9(17)5-6-12(11)16/h2-7,14,18H,1H3. The highest BCUT2D eigenvalue weighted by atomic mass is 79.9. The smallest absolute Gasteiger partial charge is 0.123 e. The molecule has 2 rings (SSSR count). The second kappa shape index (κ2) is 5.39. The van der Waals surface area contributed by atoms with E-state index < -0.39 is 11.9 Å². The maximum absolute atomic E-state index is 13.2. The average molecular weight is 330 g/mol. The lowest BCUT2D eigenvalue weighted by molar-refractivity contribution is 0.219. The van der Waals surface area contributed by atoms with Crippen molar-refractivity contribution in [2.45, 2.75) is 13.0 Å². The molecule has 0 radical (unpaired) electrons. The molecule has 1 nitrogen and oxygen atoms in total. The van der Waals surface area contributed by atoms with Crippen molar-refractivity contribution in [3.8, 4) is 0 Å². The van der Waals surface area contributed by atoms with Crippen LogP contribution < -0.4 is 0 Å². The molecule has 2 aromatic carbocycles. The third-order valence-corrected chi connectivity index (χ3v) is 4.20. The van der Waals surface area contributed by atoms with Crippen molar-refractivity contribution in [1.29, 1.82) is 0 Å². The van der Waals surface area contributed by atoms with Gasteiger partial charge in [-0.25, -0.2) is 4.39 Å². The molecular weight excluding hydrogens is 319 g/mol. The van der Waals surface area contributed by atoms with Crippen LogP contribution in [0.1, 0.15) is 22.8 Å². The van der Waals surface area contributed by atoms with Gasteiger partial charge in [-0.2, -0.15) is 0 Å². The number of hydrogen-bond donors (Lipinski definition) is 1. The molecule has 0 saturated heterocycles. The second-order valence-electron chi connectivity index (χ2n) is 4.05. The number of aryl methyl sites for hydroxylation is 1. The van der Waals surface area contributed by atoms with E-state index in [4.69, 9.17) is 11.6 Å². The van der Waals surface area contributed by atoms with Crippen molar-refractivity contribution < 1.29 is 9.50 Å². The fraction of sp³-hybridized carbons (Fsp3) is 0.143. The van der Waals surface area contributed by atoms with E-state index in [2.05, 4.69) is 15.9 Å². The number of rotatable bonds is 2. The first-order valence-electron chi connectivity index (χ1n) is 5.38. The van der Waals surface area contributed by atoms with Crippen molar-refractivity contribution in [1.82, 2.24) is 0 Å². The van der Waals surface area contributed by atoms with Crippen LogP contribution in [0.15, 0.2) is 40.9 Å². The van der Waals surface area contributed by atoms with Crippen LogP contribution in [-0.4, -0.2) is 5.11 Å². The summed E-state index contributed by atoms with van der Waals surface area (Å²) in [6.07, 6.45) is -0.956. The van der Waals surface area contributed by atoms with Gasteiger partial charge in [-0.3, -0.25) is 0 Å². The van der Waals surface area contributed by atoms with Gasteiger partial charge < -0.3 is 5.11 Å². The number of halogens is 3. The summed E-state index contributed by atoms with van der Waals surface area (Å²) in [6.45, 7) is 1.92. The van der Waals surface area contributed by atoms with Gasteiger partial charge in [0.05, 0.1) is 0 Å². The zero-order chi connectivity index (χ0) is 13.3. The molecule has 0 heterocycles. The molecule has 0 spiro atoms. The Morgan fingerprint density at radius 3 is 2.67 bits per heavy atom. The lowest BCUT2D eigenvalue weighted by atomic mass is 10.00. The maximum Gasteiger partial charge on any atom is 0.123 e. The zero-order valence-corrected chi connectivity index (χ0v) is 12.0. The normalized spacial score (nSPS) is 12.5. The third-order valence-electron chi connectivity index (χ3n) is 2.77. The van der Waals surface area contributed by atoms with E-state index in [1.807, 2.05) is 19.1 Å². The molecule has 0 aromatic heterocycles. The molecule has 18 heavy (non-hydrogen) atoms. The van der Waals surface area contributed by atoms with E-state index in [1.54, 1.807) is 6.07 Å². The Kier molecular flexibility index (Phi) is 4.05. The summed E-state index contributed by atoms with van der Waals surface area (Å²) in [6, 6.07) is 9.51. The predicted molar refractivity (Wildman–Crippen MR) is 74.4 cm³/mol. The number of aliphatic hydroxyl groups excluding tert-OH is 1. The Balaban J connectivity index is 2.51. The van der Waals surface area contributed by atoms with Crippen molar-refractivity contribution in [3.63, 3.8) is 0 Å². The Morgan fingerprint density at radius 2 is 1.94 bits per heavy atom.